The number of hydrogen-bond donors (Lipinski definition) is 1. The molecule has 0 aliphatic carbocycles. The van der Waals surface area contributed by atoms with Gasteiger partial charge in [-0.2, -0.15) is 0 Å². The van der Waals surface area contributed by atoms with Crippen molar-refractivity contribution < 1.29 is 9.53 Å². The van der Waals surface area contributed by atoms with Crippen molar-refractivity contribution in [1.29, 1.82) is 0 Å². The first-order valence-corrected chi connectivity index (χ1v) is 7.58. The molecule has 0 atom stereocenters. The Morgan fingerprint density at radius 2 is 2.14 bits per heavy atom. The fourth-order valence-corrected chi connectivity index (χ4v) is 3.02. The number of aromatic nitrogens is 1. The zero-order chi connectivity index (χ0) is 14.8. The van der Waals surface area contributed by atoms with Gasteiger partial charge in [-0.15, -0.1) is 0 Å². The molecule has 112 valence electrons. The van der Waals surface area contributed by atoms with Crippen molar-refractivity contribution in [3.63, 3.8) is 0 Å². The molecule has 1 aromatic heterocycles. The van der Waals surface area contributed by atoms with Crippen LogP contribution in [0.1, 0.15) is 35.7 Å². The summed E-state index contributed by atoms with van der Waals surface area (Å²) < 4.78 is 4.76. The van der Waals surface area contributed by atoms with Gasteiger partial charge in [-0.05, 0) is 49.5 Å². The summed E-state index contributed by atoms with van der Waals surface area (Å²) in [5.41, 5.74) is 2.89. The molecule has 1 N–H and O–H groups in total. The Bertz CT molecular complexity index is 639. The van der Waals surface area contributed by atoms with Crippen molar-refractivity contribution in [3.8, 4) is 0 Å². The number of hydrogen-bond acceptors (Lipinski definition) is 3. The quantitative estimate of drug-likeness (QED) is 0.881. The van der Waals surface area contributed by atoms with E-state index in [4.69, 9.17) is 4.74 Å². The summed E-state index contributed by atoms with van der Waals surface area (Å²) in [5.74, 6) is 0.560. The highest BCUT2D eigenvalue weighted by Crippen LogP contribution is 2.24. The maximum atomic E-state index is 11.6. The summed E-state index contributed by atoms with van der Waals surface area (Å²) in [6.45, 7) is 5.66. The SMILES string of the molecule is COC(=O)c1ccc2c(CN3CCC(C)CC3)c[nH]c2c1. The molecule has 21 heavy (non-hydrogen) atoms. The lowest BCUT2D eigenvalue weighted by Gasteiger charge is -2.29. The molecule has 4 nitrogen and oxygen atoms in total. The number of carbonyl (C=O) groups excluding carboxylic acids is 1. The minimum atomic E-state index is -0.293. The molecule has 2 aromatic rings. The molecule has 1 aliphatic rings. The lowest BCUT2D eigenvalue weighted by Crippen LogP contribution is -2.32. The van der Waals surface area contributed by atoms with Crippen molar-refractivity contribution in [1.82, 2.24) is 9.88 Å². The molecule has 0 amide bonds. The van der Waals surface area contributed by atoms with Gasteiger partial charge in [0.1, 0.15) is 0 Å². The van der Waals surface area contributed by atoms with E-state index in [-0.39, 0.29) is 5.97 Å². The maximum Gasteiger partial charge on any atom is 0.337 e. The molecular formula is C17H22N2O2. The summed E-state index contributed by atoms with van der Waals surface area (Å²) in [4.78, 5) is 17.3. The average molecular weight is 286 g/mol. The van der Waals surface area contributed by atoms with Crippen molar-refractivity contribution in [3.05, 3.63) is 35.5 Å². The van der Waals surface area contributed by atoms with Gasteiger partial charge in [-0.1, -0.05) is 13.0 Å². The normalized spacial score (nSPS) is 17.2. The van der Waals surface area contributed by atoms with E-state index < -0.39 is 0 Å². The number of aromatic amines is 1. The summed E-state index contributed by atoms with van der Waals surface area (Å²) in [6, 6.07) is 5.72. The molecule has 0 radical (unpaired) electrons. The van der Waals surface area contributed by atoms with E-state index in [1.54, 1.807) is 0 Å². The molecule has 4 heteroatoms. The van der Waals surface area contributed by atoms with Gasteiger partial charge in [0, 0.05) is 23.6 Å². The van der Waals surface area contributed by atoms with Crippen molar-refractivity contribution in [2.45, 2.75) is 26.3 Å². The Kier molecular flexibility index (Phi) is 3.97. The number of nitrogens with one attached hydrogen (secondary N) is 1. The lowest BCUT2D eigenvalue weighted by atomic mass is 9.99. The van der Waals surface area contributed by atoms with E-state index in [0.29, 0.717) is 5.56 Å². The molecule has 0 saturated carbocycles. The molecular weight excluding hydrogens is 264 g/mol. The monoisotopic (exact) mass is 286 g/mol. The number of esters is 1. The Balaban J connectivity index is 1.79. The topological polar surface area (TPSA) is 45.3 Å². The van der Waals surface area contributed by atoms with Gasteiger partial charge >= 0.3 is 5.97 Å². The molecule has 1 aromatic carbocycles. The zero-order valence-electron chi connectivity index (χ0n) is 12.7. The van der Waals surface area contributed by atoms with E-state index >= 15 is 0 Å². The maximum absolute atomic E-state index is 11.6. The van der Waals surface area contributed by atoms with Crippen LogP contribution in [-0.4, -0.2) is 36.1 Å². The van der Waals surface area contributed by atoms with Crippen LogP contribution in [0, 0.1) is 5.92 Å². The van der Waals surface area contributed by atoms with Crippen LogP contribution in [0.15, 0.2) is 24.4 Å². The van der Waals surface area contributed by atoms with Crippen molar-refractivity contribution >= 4 is 16.9 Å². The van der Waals surface area contributed by atoms with E-state index in [1.165, 1.54) is 44.0 Å². The van der Waals surface area contributed by atoms with Gasteiger partial charge in [-0.25, -0.2) is 4.79 Å². The predicted molar refractivity (Wildman–Crippen MR) is 83.3 cm³/mol. The summed E-state index contributed by atoms with van der Waals surface area (Å²) >= 11 is 0. The lowest BCUT2D eigenvalue weighted by molar-refractivity contribution is 0.0601. The summed E-state index contributed by atoms with van der Waals surface area (Å²) in [6.07, 6.45) is 4.63. The van der Waals surface area contributed by atoms with Gasteiger partial charge in [-0.3, -0.25) is 4.90 Å². The van der Waals surface area contributed by atoms with Gasteiger partial charge in [0.2, 0.25) is 0 Å². The Hall–Kier alpha value is -1.81. The summed E-state index contributed by atoms with van der Waals surface area (Å²) in [5, 5.41) is 1.20. The van der Waals surface area contributed by atoms with E-state index in [1.807, 2.05) is 18.2 Å². The third kappa shape index (κ3) is 2.95. The number of benzene rings is 1. The largest absolute Gasteiger partial charge is 0.465 e. The molecule has 1 aliphatic heterocycles. The number of H-pyrrole nitrogens is 1. The van der Waals surface area contributed by atoms with Crippen LogP contribution < -0.4 is 0 Å². The number of ether oxygens (including phenoxy) is 1. The highest BCUT2D eigenvalue weighted by atomic mass is 16.5. The second-order valence-corrected chi connectivity index (χ2v) is 6.02. The van der Waals surface area contributed by atoms with E-state index in [0.717, 1.165) is 18.0 Å². The van der Waals surface area contributed by atoms with Gasteiger partial charge in [0.25, 0.3) is 0 Å². The van der Waals surface area contributed by atoms with Crippen LogP contribution in [-0.2, 0) is 11.3 Å². The van der Waals surface area contributed by atoms with Crippen LogP contribution in [0.5, 0.6) is 0 Å². The van der Waals surface area contributed by atoms with Gasteiger partial charge < -0.3 is 9.72 Å². The molecule has 1 fully saturated rings. The molecule has 1 saturated heterocycles. The number of fused-ring (bicyclic) bond motifs is 1. The second kappa shape index (κ2) is 5.90. The van der Waals surface area contributed by atoms with Crippen LogP contribution in [0.3, 0.4) is 0 Å². The number of nitrogens with zero attached hydrogens (tertiary/aromatic N) is 1. The van der Waals surface area contributed by atoms with Crippen LogP contribution in [0.4, 0.5) is 0 Å². The standard InChI is InChI=1S/C17H22N2O2/c1-12-5-7-19(8-6-12)11-14-10-18-16-9-13(17(20)21-2)3-4-15(14)16/h3-4,9-10,12,18H,5-8,11H2,1-2H3. The fraction of sp³-hybridized carbons (Fsp3) is 0.471. The average Bonchev–Trinajstić information content (AvgIpc) is 2.91. The van der Waals surface area contributed by atoms with E-state index in [2.05, 4.69) is 23.0 Å². The number of rotatable bonds is 3. The Morgan fingerprint density at radius 1 is 1.38 bits per heavy atom. The van der Waals surface area contributed by atoms with Crippen molar-refractivity contribution in [2.24, 2.45) is 5.92 Å². The summed E-state index contributed by atoms with van der Waals surface area (Å²) in [7, 11) is 1.41. The first-order chi connectivity index (χ1) is 10.2. The number of carbonyl (C=O) groups is 1. The third-order valence-corrected chi connectivity index (χ3v) is 4.46. The third-order valence-electron chi connectivity index (χ3n) is 4.46. The highest BCUT2D eigenvalue weighted by molar-refractivity contribution is 5.95. The Morgan fingerprint density at radius 3 is 2.86 bits per heavy atom. The van der Waals surface area contributed by atoms with Gasteiger partial charge in [0.05, 0.1) is 12.7 Å². The van der Waals surface area contributed by atoms with Gasteiger partial charge in [0.15, 0.2) is 0 Å². The molecule has 0 bridgehead atoms. The molecule has 0 spiro atoms. The Labute approximate surface area is 125 Å². The highest BCUT2D eigenvalue weighted by Gasteiger charge is 2.17. The minimum absolute atomic E-state index is 0.293. The first-order valence-electron chi connectivity index (χ1n) is 7.58. The zero-order valence-corrected chi connectivity index (χ0v) is 12.7. The number of piperidine rings is 1. The van der Waals surface area contributed by atoms with Crippen molar-refractivity contribution in [2.75, 3.05) is 20.2 Å². The molecule has 0 unspecified atom stereocenters. The second-order valence-electron chi connectivity index (χ2n) is 6.02. The fourth-order valence-electron chi connectivity index (χ4n) is 3.02. The molecule has 2 heterocycles. The van der Waals surface area contributed by atoms with Crippen LogP contribution >= 0.6 is 0 Å². The van der Waals surface area contributed by atoms with E-state index in [9.17, 15) is 4.79 Å². The molecule has 3 rings (SSSR count). The first kappa shape index (κ1) is 14.1. The predicted octanol–water partition coefficient (Wildman–Crippen LogP) is 3.19. The number of methoxy groups -OCH3 is 1. The number of likely N-dealkylation sites (tertiary alicyclic amines) is 1. The smallest absolute Gasteiger partial charge is 0.337 e. The van der Waals surface area contributed by atoms with Crippen LogP contribution in [0.2, 0.25) is 0 Å². The van der Waals surface area contributed by atoms with Crippen LogP contribution in [0.25, 0.3) is 10.9 Å². The minimum Gasteiger partial charge on any atom is -0.465 e.